The normalized spacial score (nSPS) is 16.6. The summed E-state index contributed by atoms with van der Waals surface area (Å²) in [5.74, 6) is 0.507. The monoisotopic (exact) mass is 355 g/mol. The molecule has 0 aliphatic carbocycles. The summed E-state index contributed by atoms with van der Waals surface area (Å²) in [5.41, 5.74) is 4.60. The molecule has 1 aliphatic rings. The van der Waals surface area contributed by atoms with Crippen molar-refractivity contribution in [1.29, 1.82) is 0 Å². The summed E-state index contributed by atoms with van der Waals surface area (Å²) in [6.45, 7) is 1.92. The summed E-state index contributed by atoms with van der Waals surface area (Å²) in [6.07, 6.45) is 0.324. The Morgan fingerprint density at radius 2 is 1.84 bits per heavy atom. The second-order valence-electron chi connectivity index (χ2n) is 6.32. The molecule has 1 atom stereocenters. The molecule has 1 unspecified atom stereocenters. The van der Waals surface area contributed by atoms with E-state index in [2.05, 4.69) is 15.5 Å². The Hall–Kier alpha value is -2.60. The predicted octanol–water partition coefficient (Wildman–Crippen LogP) is 3.26. The van der Waals surface area contributed by atoms with Crippen LogP contribution < -0.4 is 5.32 Å². The number of aryl methyl sites for hydroxylation is 3. The molecule has 2 aromatic heterocycles. The highest BCUT2D eigenvalue weighted by molar-refractivity contribution is 6.30. The molecule has 0 saturated carbocycles. The first kappa shape index (κ1) is 15.9. The van der Waals surface area contributed by atoms with Crippen molar-refractivity contribution >= 4 is 23.3 Å². The average molecular weight is 356 g/mol. The van der Waals surface area contributed by atoms with E-state index in [0.717, 1.165) is 33.9 Å². The van der Waals surface area contributed by atoms with Gasteiger partial charge in [0, 0.05) is 43.1 Å². The number of benzene rings is 1. The van der Waals surface area contributed by atoms with E-state index >= 15 is 0 Å². The van der Waals surface area contributed by atoms with E-state index in [1.165, 1.54) is 0 Å². The van der Waals surface area contributed by atoms with Crippen LogP contribution in [0.5, 0.6) is 0 Å². The number of nitrogens with one attached hydrogen (secondary N) is 1. The molecule has 25 heavy (non-hydrogen) atoms. The lowest BCUT2D eigenvalue weighted by molar-refractivity contribution is -0.116. The number of carbonyl (C=O) groups is 1. The van der Waals surface area contributed by atoms with E-state index in [0.29, 0.717) is 11.6 Å². The van der Waals surface area contributed by atoms with Gasteiger partial charge in [0.25, 0.3) is 0 Å². The van der Waals surface area contributed by atoms with Gasteiger partial charge in [0.15, 0.2) is 0 Å². The standard InChI is InChI=1S/C18H18ClN5O/c1-10-14(17(19)23(2)21-10)12-9-13(25)20-18-15(12)16(22-24(18)3)11-7-5-4-6-8-11/h4-8,12H,9H2,1-3H3,(H,20,25). The molecular weight excluding hydrogens is 338 g/mol. The number of fused-ring (bicyclic) bond motifs is 1. The van der Waals surface area contributed by atoms with Crippen molar-refractivity contribution in [2.24, 2.45) is 14.1 Å². The Balaban J connectivity index is 1.98. The van der Waals surface area contributed by atoms with Gasteiger partial charge in [-0.15, -0.1) is 0 Å². The second kappa shape index (κ2) is 5.74. The van der Waals surface area contributed by atoms with Gasteiger partial charge in [-0.05, 0) is 6.92 Å². The zero-order valence-corrected chi connectivity index (χ0v) is 15.0. The Labute approximate surface area is 150 Å². The fourth-order valence-corrected chi connectivity index (χ4v) is 3.89. The van der Waals surface area contributed by atoms with Crippen LogP contribution in [0.15, 0.2) is 30.3 Å². The number of nitrogens with zero attached hydrogens (tertiary/aromatic N) is 4. The maximum absolute atomic E-state index is 12.3. The summed E-state index contributed by atoms with van der Waals surface area (Å²) in [7, 11) is 3.65. The zero-order chi connectivity index (χ0) is 17.7. The largest absolute Gasteiger partial charge is 0.311 e. The highest BCUT2D eigenvalue weighted by Crippen LogP contribution is 2.45. The molecular formula is C18H18ClN5O. The van der Waals surface area contributed by atoms with Crippen LogP contribution in [-0.4, -0.2) is 25.5 Å². The average Bonchev–Trinajstić information content (AvgIpc) is 3.05. The molecule has 3 aromatic rings. The number of aromatic nitrogens is 4. The van der Waals surface area contributed by atoms with E-state index in [1.807, 2.05) is 51.4 Å². The molecule has 128 valence electrons. The van der Waals surface area contributed by atoms with Gasteiger partial charge >= 0.3 is 0 Å². The van der Waals surface area contributed by atoms with Crippen LogP contribution in [0, 0.1) is 6.92 Å². The minimum Gasteiger partial charge on any atom is -0.311 e. The number of amides is 1. The highest BCUT2D eigenvalue weighted by Gasteiger charge is 2.36. The van der Waals surface area contributed by atoms with Crippen LogP contribution in [-0.2, 0) is 18.9 Å². The van der Waals surface area contributed by atoms with Crippen molar-refractivity contribution in [3.05, 3.63) is 52.3 Å². The van der Waals surface area contributed by atoms with Gasteiger partial charge in [-0.1, -0.05) is 41.9 Å². The van der Waals surface area contributed by atoms with E-state index < -0.39 is 0 Å². The number of halogens is 1. The van der Waals surface area contributed by atoms with Gasteiger partial charge in [0.1, 0.15) is 11.0 Å². The van der Waals surface area contributed by atoms with Crippen LogP contribution in [0.2, 0.25) is 5.15 Å². The molecule has 7 heteroatoms. The van der Waals surface area contributed by atoms with Gasteiger partial charge in [0.2, 0.25) is 5.91 Å². The van der Waals surface area contributed by atoms with Crippen molar-refractivity contribution in [3.63, 3.8) is 0 Å². The first-order valence-electron chi connectivity index (χ1n) is 8.08. The van der Waals surface area contributed by atoms with Crippen LogP contribution in [0.4, 0.5) is 5.82 Å². The molecule has 0 fully saturated rings. The molecule has 0 saturated heterocycles. The minimum atomic E-state index is -0.172. The van der Waals surface area contributed by atoms with E-state index in [9.17, 15) is 4.79 Å². The molecule has 1 aliphatic heterocycles. The third-order valence-corrected chi connectivity index (χ3v) is 5.12. The Morgan fingerprint density at radius 3 is 2.48 bits per heavy atom. The molecule has 0 spiro atoms. The van der Waals surface area contributed by atoms with Gasteiger partial charge in [-0.2, -0.15) is 10.2 Å². The lowest BCUT2D eigenvalue weighted by atomic mass is 9.84. The van der Waals surface area contributed by atoms with Crippen LogP contribution >= 0.6 is 11.6 Å². The summed E-state index contributed by atoms with van der Waals surface area (Å²) >= 11 is 6.51. The quantitative estimate of drug-likeness (QED) is 0.767. The molecule has 1 N–H and O–H groups in total. The summed E-state index contributed by atoms with van der Waals surface area (Å²) in [5, 5.41) is 12.6. The zero-order valence-electron chi connectivity index (χ0n) is 14.2. The van der Waals surface area contributed by atoms with Crippen molar-refractivity contribution in [3.8, 4) is 11.3 Å². The smallest absolute Gasteiger partial charge is 0.226 e. The second-order valence-corrected chi connectivity index (χ2v) is 6.68. The molecule has 1 aromatic carbocycles. The highest BCUT2D eigenvalue weighted by atomic mass is 35.5. The third-order valence-electron chi connectivity index (χ3n) is 4.67. The van der Waals surface area contributed by atoms with Gasteiger partial charge in [0.05, 0.1) is 11.4 Å². The Morgan fingerprint density at radius 1 is 1.12 bits per heavy atom. The van der Waals surface area contributed by atoms with Gasteiger partial charge in [-0.3, -0.25) is 14.2 Å². The number of hydrogen-bond acceptors (Lipinski definition) is 3. The number of rotatable bonds is 2. The topological polar surface area (TPSA) is 64.7 Å². The molecule has 1 amide bonds. The summed E-state index contributed by atoms with van der Waals surface area (Å²) in [6, 6.07) is 9.98. The van der Waals surface area contributed by atoms with Crippen molar-refractivity contribution < 1.29 is 4.79 Å². The summed E-state index contributed by atoms with van der Waals surface area (Å²) < 4.78 is 3.37. The molecule has 4 rings (SSSR count). The SMILES string of the molecule is Cc1nn(C)c(Cl)c1C1CC(=O)Nc2c1c(-c1ccccc1)nn2C. The van der Waals surface area contributed by atoms with E-state index in [1.54, 1.807) is 9.36 Å². The first-order chi connectivity index (χ1) is 12.0. The first-order valence-corrected chi connectivity index (χ1v) is 8.46. The van der Waals surface area contributed by atoms with E-state index in [-0.39, 0.29) is 11.8 Å². The van der Waals surface area contributed by atoms with Crippen molar-refractivity contribution in [1.82, 2.24) is 19.6 Å². The minimum absolute atomic E-state index is 0.0422. The predicted molar refractivity (Wildman–Crippen MR) is 96.7 cm³/mol. The fourth-order valence-electron chi connectivity index (χ4n) is 3.59. The molecule has 6 nitrogen and oxygen atoms in total. The van der Waals surface area contributed by atoms with Crippen LogP contribution in [0.25, 0.3) is 11.3 Å². The number of hydrogen-bond donors (Lipinski definition) is 1. The third kappa shape index (κ3) is 2.44. The van der Waals surface area contributed by atoms with Crippen LogP contribution in [0.1, 0.15) is 29.2 Å². The fraction of sp³-hybridized carbons (Fsp3) is 0.278. The van der Waals surface area contributed by atoms with Crippen molar-refractivity contribution in [2.45, 2.75) is 19.3 Å². The van der Waals surface area contributed by atoms with Crippen molar-refractivity contribution in [2.75, 3.05) is 5.32 Å². The maximum atomic E-state index is 12.3. The number of anilines is 1. The molecule has 3 heterocycles. The Kier molecular flexibility index (Phi) is 3.65. The lowest BCUT2D eigenvalue weighted by Gasteiger charge is -2.24. The van der Waals surface area contributed by atoms with Gasteiger partial charge in [-0.25, -0.2) is 0 Å². The van der Waals surface area contributed by atoms with Gasteiger partial charge < -0.3 is 5.32 Å². The molecule has 0 radical (unpaired) electrons. The van der Waals surface area contributed by atoms with Crippen LogP contribution in [0.3, 0.4) is 0 Å². The lowest BCUT2D eigenvalue weighted by Crippen LogP contribution is -2.25. The summed E-state index contributed by atoms with van der Waals surface area (Å²) in [4.78, 5) is 12.3. The molecule has 0 bridgehead atoms. The Bertz CT molecular complexity index is 973. The van der Waals surface area contributed by atoms with E-state index in [4.69, 9.17) is 11.6 Å². The maximum Gasteiger partial charge on any atom is 0.226 e. The number of carbonyl (C=O) groups excluding carboxylic acids is 1.